The van der Waals surface area contributed by atoms with Crippen molar-refractivity contribution in [2.75, 3.05) is 19.5 Å². The van der Waals surface area contributed by atoms with E-state index in [4.69, 9.17) is 9.47 Å². The smallest absolute Gasteiger partial charge is 0.261 e. The SMILES string of the molecule is COc1ccc(C(=O)Nc2nc(-c3cnn(C)c3)cs2)c(OC)c1. The van der Waals surface area contributed by atoms with Crippen LogP contribution in [-0.4, -0.2) is 34.9 Å². The summed E-state index contributed by atoms with van der Waals surface area (Å²) in [5, 5.41) is 9.29. The van der Waals surface area contributed by atoms with Crippen LogP contribution < -0.4 is 14.8 Å². The van der Waals surface area contributed by atoms with E-state index in [2.05, 4.69) is 15.4 Å². The van der Waals surface area contributed by atoms with Crippen LogP contribution >= 0.6 is 11.3 Å². The van der Waals surface area contributed by atoms with Crippen molar-refractivity contribution in [3.8, 4) is 22.8 Å². The van der Waals surface area contributed by atoms with E-state index < -0.39 is 0 Å². The first-order valence-corrected chi connectivity index (χ1v) is 7.96. The summed E-state index contributed by atoms with van der Waals surface area (Å²) in [5.41, 5.74) is 2.08. The molecule has 7 nitrogen and oxygen atoms in total. The highest BCUT2D eigenvalue weighted by molar-refractivity contribution is 7.14. The van der Waals surface area contributed by atoms with Crippen molar-refractivity contribution in [1.29, 1.82) is 0 Å². The zero-order chi connectivity index (χ0) is 17.1. The number of benzene rings is 1. The van der Waals surface area contributed by atoms with Crippen LogP contribution in [0.5, 0.6) is 11.5 Å². The molecular formula is C16H16N4O3S. The maximum absolute atomic E-state index is 12.5. The number of aromatic nitrogens is 3. The minimum absolute atomic E-state index is 0.290. The molecule has 0 atom stereocenters. The number of nitrogens with zero attached hydrogens (tertiary/aromatic N) is 3. The maximum Gasteiger partial charge on any atom is 0.261 e. The van der Waals surface area contributed by atoms with Crippen molar-refractivity contribution in [2.45, 2.75) is 0 Å². The Hall–Kier alpha value is -2.87. The van der Waals surface area contributed by atoms with Gasteiger partial charge >= 0.3 is 0 Å². The first-order chi connectivity index (χ1) is 11.6. The van der Waals surface area contributed by atoms with E-state index in [9.17, 15) is 4.79 Å². The maximum atomic E-state index is 12.5. The Morgan fingerprint density at radius 1 is 1.29 bits per heavy atom. The molecule has 0 bridgehead atoms. The molecule has 1 N–H and O–H groups in total. The molecular weight excluding hydrogens is 328 g/mol. The number of carbonyl (C=O) groups excluding carboxylic acids is 1. The Bertz CT molecular complexity index is 872. The van der Waals surface area contributed by atoms with Crippen molar-refractivity contribution in [3.05, 3.63) is 41.5 Å². The third-order valence-corrected chi connectivity index (χ3v) is 4.14. The predicted octanol–water partition coefficient (Wildman–Crippen LogP) is 2.81. The number of ether oxygens (including phenoxy) is 2. The molecule has 0 aliphatic carbocycles. The summed E-state index contributed by atoms with van der Waals surface area (Å²) in [7, 11) is 4.91. The summed E-state index contributed by atoms with van der Waals surface area (Å²) < 4.78 is 12.1. The molecule has 0 aliphatic rings. The van der Waals surface area contributed by atoms with Gasteiger partial charge in [-0.25, -0.2) is 4.98 Å². The van der Waals surface area contributed by atoms with Gasteiger partial charge in [0.1, 0.15) is 11.5 Å². The van der Waals surface area contributed by atoms with E-state index in [0.29, 0.717) is 22.2 Å². The summed E-state index contributed by atoms with van der Waals surface area (Å²) in [6, 6.07) is 5.03. The van der Waals surface area contributed by atoms with Crippen LogP contribution in [0.25, 0.3) is 11.3 Å². The number of thiazole rings is 1. The van der Waals surface area contributed by atoms with Crippen molar-refractivity contribution in [2.24, 2.45) is 7.05 Å². The van der Waals surface area contributed by atoms with E-state index in [0.717, 1.165) is 11.3 Å². The quantitative estimate of drug-likeness (QED) is 0.770. The molecule has 1 aromatic carbocycles. The number of aryl methyl sites for hydroxylation is 1. The minimum atomic E-state index is -0.290. The molecule has 1 amide bonds. The summed E-state index contributed by atoms with van der Waals surface area (Å²) in [6.45, 7) is 0. The first kappa shape index (κ1) is 16.0. The van der Waals surface area contributed by atoms with Crippen LogP contribution in [0, 0.1) is 0 Å². The monoisotopic (exact) mass is 344 g/mol. The van der Waals surface area contributed by atoms with Crippen LogP contribution in [0.4, 0.5) is 5.13 Å². The van der Waals surface area contributed by atoms with Gasteiger partial charge in [0.2, 0.25) is 0 Å². The molecule has 2 heterocycles. The lowest BCUT2D eigenvalue weighted by Gasteiger charge is -2.09. The zero-order valence-corrected chi connectivity index (χ0v) is 14.3. The van der Waals surface area contributed by atoms with Crippen LogP contribution in [0.1, 0.15) is 10.4 Å². The average molecular weight is 344 g/mol. The Morgan fingerprint density at radius 3 is 2.79 bits per heavy atom. The largest absolute Gasteiger partial charge is 0.497 e. The Labute approximate surface area is 142 Å². The summed E-state index contributed by atoms with van der Waals surface area (Å²) >= 11 is 1.35. The lowest BCUT2D eigenvalue weighted by molar-refractivity contribution is 0.102. The van der Waals surface area contributed by atoms with Crippen LogP contribution in [0.3, 0.4) is 0 Å². The van der Waals surface area contributed by atoms with Crippen LogP contribution in [0.2, 0.25) is 0 Å². The Balaban J connectivity index is 1.79. The number of rotatable bonds is 5. The van der Waals surface area contributed by atoms with Crippen molar-refractivity contribution < 1.29 is 14.3 Å². The van der Waals surface area contributed by atoms with Crippen molar-refractivity contribution >= 4 is 22.4 Å². The molecule has 0 spiro atoms. The van der Waals surface area contributed by atoms with Gasteiger partial charge in [-0.2, -0.15) is 5.10 Å². The average Bonchev–Trinajstić information content (AvgIpc) is 3.23. The van der Waals surface area contributed by atoms with E-state index >= 15 is 0 Å². The number of anilines is 1. The van der Waals surface area contributed by atoms with E-state index in [1.54, 1.807) is 36.2 Å². The Kier molecular flexibility index (Phi) is 4.48. The molecule has 0 radical (unpaired) electrons. The molecule has 0 unspecified atom stereocenters. The molecule has 2 aromatic heterocycles. The van der Waals surface area contributed by atoms with Gasteiger partial charge in [0.25, 0.3) is 5.91 Å². The van der Waals surface area contributed by atoms with Gasteiger partial charge in [-0.1, -0.05) is 0 Å². The normalized spacial score (nSPS) is 10.5. The van der Waals surface area contributed by atoms with Crippen molar-refractivity contribution in [3.63, 3.8) is 0 Å². The molecule has 0 fully saturated rings. The molecule has 24 heavy (non-hydrogen) atoms. The first-order valence-electron chi connectivity index (χ1n) is 7.08. The van der Waals surface area contributed by atoms with Crippen LogP contribution in [-0.2, 0) is 7.05 Å². The fourth-order valence-electron chi connectivity index (χ4n) is 2.17. The highest BCUT2D eigenvalue weighted by Gasteiger charge is 2.15. The van der Waals surface area contributed by atoms with Gasteiger partial charge in [0.05, 0.1) is 31.7 Å². The van der Waals surface area contributed by atoms with Gasteiger partial charge in [0.15, 0.2) is 5.13 Å². The van der Waals surface area contributed by atoms with Crippen LogP contribution in [0.15, 0.2) is 36.0 Å². The zero-order valence-electron chi connectivity index (χ0n) is 13.4. The fraction of sp³-hybridized carbons (Fsp3) is 0.188. The summed E-state index contributed by atoms with van der Waals surface area (Å²) in [6.07, 6.45) is 3.60. The number of nitrogens with one attached hydrogen (secondary N) is 1. The highest BCUT2D eigenvalue weighted by Crippen LogP contribution is 2.28. The minimum Gasteiger partial charge on any atom is -0.497 e. The van der Waals surface area contributed by atoms with Crippen molar-refractivity contribution in [1.82, 2.24) is 14.8 Å². The molecule has 124 valence electrons. The number of amides is 1. The molecule has 0 saturated carbocycles. The van der Waals surface area contributed by atoms with Gasteiger partial charge in [-0.3, -0.25) is 14.8 Å². The second kappa shape index (κ2) is 6.71. The third-order valence-electron chi connectivity index (χ3n) is 3.38. The predicted molar refractivity (Wildman–Crippen MR) is 91.8 cm³/mol. The fourth-order valence-corrected chi connectivity index (χ4v) is 2.88. The number of carbonyl (C=O) groups is 1. The van der Waals surface area contributed by atoms with E-state index in [-0.39, 0.29) is 5.91 Å². The molecule has 0 saturated heterocycles. The standard InChI is InChI=1S/C16H16N4O3S/c1-20-8-10(7-17-20)13-9-24-16(18-13)19-15(21)12-5-4-11(22-2)6-14(12)23-3/h4-9H,1-3H3,(H,18,19,21). The molecule has 0 aliphatic heterocycles. The van der Waals surface area contributed by atoms with E-state index in [1.807, 2.05) is 18.6 Å². The third kappa shape index (κ3) is 3.23. The lowest BCUT2D eigenvalue weighted by Crippen LogP contribution is -2.13. The Morgan fingerprint density at radius 2 is 2.12 bits per heavy atom. The summed E-state index contributed by atoms with van der Waals surface area (Å²) in [4.78, 5) is 16.9. The number of methoxy groups -OCH3 is 2. The topological polar surface area (TPSA) is 78.3 Å². The summed E-state index contributed by atoms with van der Waals surface area (Å²) in [5.74, 6) is 0.772. The molecule has 3 rings (SSSR count). The molecule has 3 aromatic rings. The van der Waals surface area contributed by atoms with Gasteiger partial charge in [0, 0.05) is 30.3 Å². The second-order valence-electron chi connectivity index (χ2n) is 4.96. The van der Waals surface area contributed by atoms with Gasteiger partial charge in [-0.15, -0.1) is 11.3 Å². The lowest BCUT2D eigenvalue weighted by atomic mass is 10.2. The van der Waals surface area contributed by atoms with Gasteiger partial charge in [-0.05, 0) is 12.1 Å². The second-order valence-corrected chi connectivity index (χ2v) is 5.82. The highest BCUT2D eigenvalue weighted by atomic mass is 32.1. The van der Waals surface area contributed by atoms with E-state index in [1.165, 1.54) is 18.4 Å². The molecule has 8 heteroatoms. The van der Waals surface area contributed by atoms with Gasteiger partial charge < -0.3 is 9.47 Å². The number of hydrogen-bond donors (Lipinski definition) is 1. The number of hydrogen-bond acceptors (Lipinski definition) is 6.